The van der Waals surface area contributed by atoms with Gasteiger partial charge in [-0.05, 0) is 42.8 Å². The Morgan fingerprint density at radius 3 is 2.77 bits per heavy atom. The maximum absolute atomic E-state index is 12.1. The summed E-state index contributed by atoms with van der Waals surface area (Å²) < 4.78 is 7.26. The molecular weight excluding hydrogens is 380 g/mol. The third-order valence-electron chi connectivity index (χ3n) is 4.99. The van der Waals surface area contributed by atoms with E-state index in [2.05, 4.69) is 21.4 Å². The monoisotopic (exact) mass is 400 g/mol. The fourth-order valence-corrected chi connectivity index (χ4v) is 3.59. The number of hydrogen-bond acceptors (Lipinski definition) is 6. The Hall–Kier alpha value is -3.96. The van der Waals surface area contributed by atoms with Gasteiger partial charge in [0, 0.05) is 30.1 Å². The van der Waals surface area contributed by atoms with E-state index in [-0.39, 0.29) is 12.1 Å². The lowest BCUT2D eigenvalue weighted by Crippen LogP contribution is -2.13. The SMILES string of the molecule is CCOc1ccc(-c2c(-c3ccc4c(=O)[nH]nc(CN)c4c3)cnn2C)c(C#N)c1. The molecular formula is C22H20N6O2. The van der Waals surface area contributed by atoms with Crippen molar-refractivity contribution in [3.8, 4) is 34.2 Å². The minimum Gasteiger partial charge on any atom is -0.494 e. The van der Waals surface area contributed by atoms with Gasteiger partial charge in [-0.1, -0.05) is 6.07 Å². The van der Waals surface area contributed by atoms with Gasteiger partial charge in [0.2, 0.25) is 0 Å². The number of hydrogen-bond donors (Lipinski definition) is 2. The Balaban J connectivity index is 1.92. The predicted octanol–water partition coefficient (Wildman–Crippen LogP) is 2.72. The van der Waals surface area contributed by atoms with E-state index in [9.17, 15) is 10.1 Å². The summed E-state index contributed by atoms with van der Waals surface area (Å²) >= 11 is 0. The second kappa shape index (κ2) is 7.81. The van der Waals surface area contributed by atoms with Gasteiger partial charge in [0.1, 0.15) is 5.75 Å². The zero-order valence-corrected chi connectivity index (χ0v) is 16.6. The van der Waals surface area contributed by atoms with E-state index in [1.807, 2.05) is 38.2 Å². The first-order valence-electron chi connectivity index (χ1n) is 9.48. The first kappa shape index (κ1) is 19.4. The van der Waals surface area contributed by atoms with Crippen molar-refractivity contribution in [1.29, 1.82) is 5.26 Å². The highest BCUT2D eigenvalue weighted by Crippen LogP contribution is 2.36. The van der Waals surface area contributed by atoms with E-state index >= 15 is 0 Å². The molecule has 8 heteroatoms. The lowest BCUT2D eigenvalue weighted by atomic mass is 9.96. The molecule has 2 heterocycles. The maximum atomic E-state index is 12.1. The number of nitrogens with one attached hydrogen (secondary N) is 1. The van der Waals surface area contributed by atoms with E-state index in [0.29, 0.717) is 34.4 Å². The molecule has 2 aromatic heterocycles. The molecule has 4 rings (SSSR count). The van der Waals surface area contributed by atoms with Gasteiger partial charge >= 0.3 is 0 Å². The van der Waals surface area contributed by atoms with Gasteiger partial charge in [0.05, 0.1) is 41.2 Å². The first-order valence-corrected chi connectivity index (χ1v) is 9.48. The summed E-state index contributed by atoms with van der Waals surface area (Å²) in [6, 6.07) is 13.2. The van der Waals surface area contributed by atoms with Crippen molar-refractivity contribution in [2.45, 2.75) is 13.5 Å². The van der Waals surface area contributed by atoms with Crippen molar-refractivity contribution in [2.75, 3.05) is 6.61 Å². The Bertz CT molecular complexity index is 1350. The highest BCUT2D eigenvalue weighted by Gasteiger charge is 2.18. The summed E-state index contributed by atoms with van der Waals surface area (Å²) in [6.07, 6.45) is 1.75. The number of nitrogens with zero attached hydrogens (tertiary/aromatic N) is 4. The third-order valence-corrected chi connectivity index (χ3v) is 4.99. The lowest BCUT2D eigenvalue weighted by Gasteiger charge is -2.11. The molecule has 0 unspecified atom stereocenters. The number of H-pyrrole nitrogens is 1. The van der Waals surface area contributed by atoms with Crippen LogP contribution in [-0.2, 0) is 13.6 Å². The molecule has 0 saturated heterocycles. The van der Waals surface area contributed by atoms with Crippen LogP contribution in [0.15, 0.2) is 47.4 Å². The number of aryl methyl sites for hydroxylation is 1. The van der Waals surface area contributed by atoms with Crippen LogP contribution in [0.5, 0.6) is 5.75 Å². The molecule has 2 aromatic carbocycles. The first-order chi connectivity index (χ1) is 14.6. The van der Waals surface area contributed by atoms with Gasteiger partial charge < -0.3 is 10.5 Å². The van der Waals surface area contributed by atoms with Gasteiger partial charge in [-0.2, -0.15) is 15.5 Å². The van der Waals surface area contributed by atoms with E-state index in [4.69, 9.17) is 10.5 Å². The number of aromatic nitrogens is 4. The number of rotatable bonds is 5. The van der Waals surface area contributed by atoms with Gasteiger partial charge in [-0.15, -0.1) is 0 Å². The largest absolute Gasteiger partial charge is 0.494 e. The molecule has 0 bridgehead atoms. The van der Waals surface area contributed by atoms with Gasteiger partial charge in [0.25, 0.3) is 5.56 Å². The highest BCUT2D eigenvalue weighted by molar-refractivity contribution is 5.91. The normalized spacial score (nSPS) is 10.9. The summed E-state index contributed by atoms with van der Waals surface area (Å²) in [7, 11) is 1.83. The molecule has 0 radical (unpaired) electrons. The maximum Gasteiger partial charge on any atom is 0.272 e. The molecule has 0 aliphatic carbocycles. The van der Waals surface area contributed by atoms with Crippen LogP contribution in [0, 0.1) is 11.3 Å². The molecule has 30 heavy (non-hydrogen) atoms. The van der Waals surface area contributed by atoms with Crippen LogP contribution in [0.1, 0.15) is 18.2 Å². The summed E-state index contributed by atoms with van der Waals surface area (Å²) in [5, 5.41) is 21.9. The van der Waals surface area contributed by atoms with Crippen LogP contribution in [0.4, 0.5) is 0 Å². The number of benzene rings is 2. The van der Waals surface area contributed by atoms with E-state index in [1.165, 1.54) is 0 Å². The van der Waals surface area contributed by atoms with Crippen molar-refractivity contribution in [1.82, 2.24) is 20.0 Å². The van der Waals surface area contributed by atoms with Crippen LogP contribution < -0.4 is 16.0 Å². The van der Waals surface area contributed by atoms with E-state index in [0.717, 1.165) is 22.4 Å². The van der Waals surface area contributed by atoms with Crippen molar-refractivity contribution in [2.24, 2.45) is 12.8 Å². The van der Waals surface area contributed by atoms with Crippen molar-refractivity contribution < 1.29 is 4.74 Å². The second-order valence-electron chi connectivity index (χ2n) is 6.75. The number of fused-ring (bicyclic) bond motifs is 1. The third kappa shape index (κ3) is 3.21. The van der Waals surface area contributed by atoms with E-state index in [1.54, 1.807) is 23.0 Å². The van der Waals surface area contributed by atoms with E-state index < -0.39 is 0 Å². The number of ether oxygens (including phenoxy) is 1. The summed E-state index contributed by atoms with van der Waals surface area (Å²) in [4.78, 5) is 12.1. The van der Waals surface area contributed by atoms with Crippen molar-refractivity contribution in [3.63, 3.8) is 0 Å². The molecule has 4 aromatic rings. The Kier molecular flexibility index (Phi) is 5.04. The Labute approximate surface area is 172 Å². The minimum atomic E-state index is -0.265. The minimum absolute atomic E-state index is 0.202. The molecule has 0 fully saturated rings. The van der Waals surface area contributed by atoms with Crippen LogP contribution in [0.3, 0.4) is 0 Å². The van der Waals surface area contributed by atoms with Crippen LogP contribution in [-0.4, -0.2) is 26.6 Å². The smallest absolute Gasteiger partial charge is 0.272 e. The van der Waals surface area contributed by atoms with Crippen molar-refractivity contribution >= 4 is 10.8 Å². The predicted molar refractivity (Wildman–Crippen MR) is 114 cm³/mol. The average molecular weight is 400 g/mol. The molecule has 150 valence electrons. The van der Waals surface area contributed by atoms with Gasteiger partial charge in [-0.25, -0.2) is 5.10 Å². The second-order valence-corrected chi connectivity index (χ2v) is 6.75. The molecule has 0 aliphatic heterocycles. The summed E-state index contributed by atoms with van der Waals surface area (Å²) in [5.41, 5.74) is 9.87. The van der Waals surface area contributed by atoms with Crippen LogP contribution in [0.25, 0.3) is 33.2 Å². The lowest BCUT2D eigenvalue weighted by molar-refractivity contribution is 0.340. The van der Waals surface area contributed by atoms with Crippen LogP contribution in [0.2, 0.25) is 0 Å². The molecule has 0 saturated carbocycles. The molecule has 3 N–H and O–H groups in total. The topological polar surface area (TPSA) is 123 Å². The zero-order chi connectivity index (χ0) is 21.3. The molecule has 8 nitrogen and oxygen atoms in total. The number of nitrogens with two attached hydrogens (primary N) is 1. The molecule has 0 spiro atoms. The number of nitriles is 1. The zero-order valence-electron chi connectivity index (χ0n) is 16.6. The van der Waals surface area contributed by atoms with Gasteiger partial charge in [0.15, 0.2) is 0 Å². The quantitative estimate of drug-likeness (QED) is 0.531. The molecule has 0 amide bonds. The van der Waals surface area contributed by atoms with Gasteiger partial charge in [-0.3, -0.25) is 9.48 Å². The summed E-state index contributed by atoms with van der Waals surface area (Å²) in [5.74, 6) is 0.644. The highest BCUT2D eigenvalue weighted by atomic mass is 16.5. The Morgan fingerprint density at radius 2 is 2.03 bits per heavy atom. The molecule has 0 aliphatic rings. The fourth-order valence-electron chi connectivity index (χ4n) is 3.59. The Morgan fingerprint density at radius 1 is 1.20 bits per heavy atom. The summed E-state index contributed by atoms with van der Waals surface area (Å²) in [6.45, 7) is 2.62. The standard InChI is InChI=1S/C22H20N6O2/c1-3-30-15-5-7-16(14(8-15)10-23)21-19(12-25-28(21)2)13-4-6-17-18(9-13)20(11-24)26-27-22(17)29/h4-9,12H,3,11,24H2,1-2H3,(H,27,29). The number of aromatic amines is 1. The average Bonchev–Trinajstić information content (AvgIpc) is 3.15. The van der Waals surface area contributed by atoms with Crippen LogP contribution >= 0.6 is 0 Å². The fraction of sp³-hybridized carbons (Fsp3) is 0.182. The van der Waals surface area contributed by atoms with Crippen molar-refractivity contribution in [3.05, 3.63) is 64.2 Å². The molecule has 0 atom stereocenters.